The number of nitrogens with zero attached hydrogens (tertiary/aromatic N) is 2. The molecule has 0 aliphatic carbocycles. The van der Waals surface area contributed by atoms with E-state index in [0.29, 0.717) is 18.0 Å². The van der Waals surface area contributed by atoms with Crippen LogP contribution in [0.2, 0.25) is 0 Å². The number of hydrogen-bond donors (Lipinski definition) is 0. The summed E-state index contributed by atoms with van der Waals surface area (Å²) in [6.45, 7) is 4.06. The van der Waals surface area contributed by atoms with E-state index in [1.807, 2.05) is 67.3 Å². The zero-order chi connectivity index (χ0) is 20.6. The molecule has 152 valence electrons. The molecule has 0 aromatic heterocycles. The van der Waals surface area contributed by atoms with Crippen molar-refractivity contribution in [3.05, 3.63) is 65.2 Å². The number of carbonyl (C=O) groups excluding carboxylic acids is 1. The molecule has 2 aliphatic rings. The third-order valence-corrected chi connectivity index (χ3v) is 8.80. The maximum atomic E-state index is 12.6. The van der Waals surface area contributed by atoms with Crippen LogP contribution in [0.1, 0.15) is 23.1 Å². The lowest BCUT2D eigenvalue weighted by Gasteiger charge is -2.26. The summed E-state index contributed by atoms with van der Waals surface area (Å²) in [5.41, 5.74) is 4.26. The van der Waals surface area contributed by atoms with Gasteiger partial charge in [0.1, 0.15) is 0 Å². The molecule has 5 nitrogen and oxygen atoms in total. The van der Waals surface area contributed by atoms with Gasteiger partial charge in [0.05, 0.1) is 17.5 Å². The molecular weight excluding hydrogens is 404 g/mol. The Morgan fingerprint density at radius 2 is 1.86 bits per heavy atom. The third-order valence-electron chi connectivity index (χ3n) is 5.59. The summed E-state index contributed by atoms with van der Waals surface area (Å²) in [6.07, 6.45) is 0.980. The Labute approximate surface area is 176 Å². The van der Waals surface area contributed by atoms with Crippen LogP contribution in [-0.4, -0.2) is 42.3 Å². The molecule has 4 rings (SSSR count). The molecule has 0 N–H and O–H groups in total. The van der Waals surface area contributed by atoms with E-state index in [4.69, 9.17) is 0 Å². The number of aryl methyl sites for hydroxylation is 2. The van der Waals surface area contributed by atoms with E-state index in [9.17, 15) is 13.2 Å². The molecule has 2 fully saturated rings. The van der Waals surface area contributed by atoms with Crippen LogP contribution in [0.15, 0.2) is 53.5 Å². The van der Waals surface area contributed by atoms with Crippen LogP contribution in [0.4, 0.5) is 5.69 Å². The molecule has 29 heavy (non-hydrogen) atoms. The molecule has 2 heterocycles. The van der Waals surface area contributed by atoms with E-state index in [0.717, 1.165) is 22.4 Å². The number of hydrogen-bond acceptors (Lipinski definition) is 4. The van der Waals surface area contributed by atoms with Gasteiger partial charge < -0.3 is 4.90 Å². The number of fused-ring (bicyclic) bond motifs is 1. The second kappa shape index (κ2) is 7.95. The molecule has 2 aromatic carbocycles. The molecule has 0 radical (unpaired) electrons. The summed E-state index contributed by atoms with van der Waals surface area (Å²) in [6, 6.07) is 15.7. The minimum atomic E-state index is -3.07. The van der Waals surface area contributed by atoms with E-state index < -0.39 is 9.84 Å². The van der Waals surface area contributed by atoms with Gasteiger partial charge in [-0.1, -0.05) is 54.2 Å². The van der Waals surface area contributed by atoms with Crippen molar-refractivity contribution >= 4 is 38.4 Å². The number of sulfone groups is 1. The number of aliphatic imine (C=N–C) groups is 1. The number of thioether (sulfide) groups is 1. The molecule has 0 spiro atoms. The molecule has 2 aromatic rings. The van der Waals surface area contributed by atoms with Gasteiger partial charge in [0.25, 0.3) is 0 Å². The fraction of sp³-hybridized carbons (Fsp3) is 0.364. The maximum Gasteiger partial charge on any atom is 0.248 e. The highest BCUT2D eigenvalue weighted by molar-refractivity contribution is 8.16. The van der Waals surface area contributed by atoms with Crippen LogP contribution in [0.25, 0.3) is 0 Å². The van der Waals surface area contributed by atoms with Crippen molar-refractivity contribution in [1.82, 2.24) is 0 Å². The Hall–Kier alpha value is -2.12. The van der Waals surface area contributed by atoms with Crippen molar-refractivity contribution in [3.63, 3.8) is 0 Å². The van der Waals surface area contributed by atoms with E-state index in [-0.39, 0.29) is 28.7 Å². The predicted molar refractivity (Wildman–Crippen MR) is 119 cm³/mol. The molecular formula is C22H24N2O3S2. The monoisotopic (exact) mass is 428 g/mol. The first-order valence-electron chi connectivity index (χ1n) is 9.72. The van der Waals surface area contributed by atoms with Gasteiger partial charge in [-0.15, -0.1) is 0 Å². The lowest BCUT2D eigenvalue weighted by Crippen LogP contribution is -2.38. The number of rotatable bonds is 4. The van der Waals surface area contributed by atoms with Gasteiger partial charge in [-0.05, 0) is 43.0 Å². The first-order valence-corrected chi connectivity index (χ1v) is 12.4. The smallest absolute Gasteiger partial charge is 0.248 e. The Balaban J connectivity index is 1.62. The van der Waals surface area contributed by atoms with Crippen LogP contribution >= 0.6 is 11.8 Å². The standard InChI is InChI=1S/C22H24N2O3S2/c1-15-7-6-10-18(16(15)2)24-19-13-29(26,27)14-20(19)28-22(24)23-21(25)12-11-17-8-4-3-5-9-17/h3-10,19-20H,11-14H2,1-2H3/t19-,20+/m0/s1. The number of benzene rings is 2. The van der Waals surface area contributed by atoms with Gasteiger partial charge >= 0.3 is 0 Å². The summed E-state index contributed by atoms with van der Waals surface area (Å²) in [4.78, 5) is 19.0. The van der Waals surface area contributed by atoms with Crippen LogP contribution in [0.3, 0.4) is 0 Å². The van der Waals surface area contributed by atoms with Gasteiger partial charge in [0, 0.05) is 17.4 Å². The second-order valence-electron chi connectivity index (χ2n) is 7.66. The van der Waals surface area contributed by atoms with E-state index in [2.05, 4.69) is 4.99 Å². The maximum absolute atomic E-state index is 12.6. The predicted octanol–water partition coefficient (Wildman–Crippen LogP) is 3.54. The number of amidine groups is 1. The van der Waals surface area contributed by atoms with E-state index in [1.54, 1.807) is 0 Å². The summed E-state index contributed by atoms with van der Waals surface area (Å²) in [5, 5.41) is 0.544. The molecule has 2 saturated heterocycles. The molecule has 0 saturated carbocycles. The normalized spacial score (nSPS) is 24.1. The Kier molecular flexibility index (Phi) is 5.53. The third kappa shape index (κ3) is 4.26. The molecule has 1 amide bonds. The highest BCUT2D eigenvalue weighted by Crippen LogP contribution is 2.42. The van der Waals surface area contributed by atoms with Gasteiger partial charge in [-0.2, -0.15) is 4.99 Å². The SMILES string of the molecule is Cc1cccc(N2C(=NC(=O)CCc3ccccc3)S[C@@H]3CS(=O)(=O)C[C@@H]32)c1C. The minimum Gasteiger partial charge on any atom is -0.315 e. The summed E-state index contributed by atoms with van der Waals surface area (Å²) < 4.78 is 24.4. The first-order chi connectivity index (χ1) is 13.8. The quantitative estimate of drug-likeness (QED) is 0.745. The molecule has 2 aliphatic heterocycles. The highest BCUT2D eigenvalue weighted by atomic mass is 32.2. The summed E-state index contributed by atoms with van der Waals surface area (Å²) in [5.74, 6) is 0.0745. The number of anilines is 1. The highest BCUT2D eigenvalue weighted by Gasteiger charge is 2.49. The molecule has 2 atom stereocenters. The Morgan fingerprint density at radius 1 is 1.10 bits per heavy atom. The van der Waals surface area contributed by atoms with Crippen molar-refractivity contribution in [2.45, 2.75) is 38.0 Å². The average Bonchev–Trinajstić information content (AvgIpc) is 3.14. The van der Waals surface area contributed by atoms with Gasteiger partial charge in [-0.3, -0.25) is 4.79 Å². The largest absolute Gasteiger partial charge is 0.315 e. The molecule has 0 unspecified atom stereocenters. The fourth-order valence-electron chi connectivity index (χ4n) is 3.90. The topological polar surface area (TPSA) is 66.8 Å². The zero-order valence-corrected chi connectivity index (χ0v) is 18.2. The number of amides is 1. The van der Waals surface area contributed by atoms with E-state index >= 15 is 0 Å². The van der Waals surface area contributed by atoms with Crippen molar-refractivity contribution in [1.29, 1.82) is 0 Å². The summed E-state index contributed by atoms with van der Waals surface area (Å²) in [7, 11) is -3.07. The minimum absolute atomic E-state index is 0.0828. The van der Waals surface area contributed by atoms with Crippen molar-refractivity contribution in [2.75, 3.05) is 16.4 Å². The van der Waals surface area contributed by atoms with Gasteiger partial charge in [0.15, 0.2) is 15.0 Å². The number of carbonyl (C=O) groups is 1. The average molecular weight is 429 g/mol. The lowest BCUT2D eigenvalue weighted by molar-refractivity contribution is -0.117. The first kappa shape index (κ1) is 20.2. The molecule has 0 bridgehead atoms. The van der Waals surface area contributed by atoms with Crippen LogP contribution in [0.5, 0.6) is 0 Å². The van der Waals surface area contributed by atoms with Crippen molar-refractivity contribution in [2.24, 2.45) is 4.99 Å². The van der Waals surface area contributed by atoms with Crippen LogP contribution in [-0.2, 0) is 21.1 Å². The lowest BCUT2D eigenvalue weighted by atomic mass is 10.1. The van der Waals surface area contributed by atoms with Crippen molar-refractivity contribution in [3.8, 4) is 0 Å². The summed E-state index contributed by atoms with van der Waals surface area (Å²) >= 11 is 1.43. The zero-order valence-electron chi connectivity index (χ0n) is 16.5. The Bertz CT molecular complexity index is 1060. The van der Waals surface area contributed by atoms with Crippen molar-refractivity contribution < 1.29 is 13.2 Å². The van der Waals surface area contributed by atoms with Crippen LogP contribution < -0.4 is 4.90 Å². The Morgan fingerprint density at radius 3 is 2.62 bits per heavy atom. The van der Waals surface area contributed by atoms with E-state index in [1.165, 1.54) is 11.8 Å². The fourth-order valence-corrected chi connectivity index (χ4v) is 7.83. The van der Waals surface area contributed by atoms with Gasteiger partial charge in [-0.25, -0.2) is 8.42 Å². The van der Waals surface area contributed by atoms with Crippen LogP contribution in [0, 0.1) is 13.8 Å². The second-order valence-corrected chi connectivity index (χ2v) is 11.0. The molecule has 7 heteroatoms. The van der Waals surface area contributed by atoms with Gasteiger partial charge in [0.2, 0.25) is 5.91 Å².